The predicted octanol–water partition coefficient (Wildman–Crippen LogP) is 3.84. The van der Waals surface area contributed by atoms with Gasteiger partial charge >= 0.3 is 0 Å². The van der Waals surface area contributed by atoms with Crippen LogP contribution in [0.3, 0.4) is 0 Å². The van der Waals surface area contributed by atoms with E-state index in [1.165, 1.54) is 0 Å². The largest absolute Gasteiger partial charge is 0.294 e. The lowest BCUT2D eigenvalue weighted by molar-refractivity contribution is 0.0982. The van der Waals surface area contributed by atoms with Crippen LogP contribution in [-0.4, -0.2) is 5.78 Å². The van der Waals surface area contributed by atoms with Crippen molar-refractivity contribution >= 4 is 17.1 Å². The number of thiophene rings is 1. The first-order chi connectivity index (χ1) is 8.15. The Bertz CT molecular complexity index is 500. The zero-order valence-corrected chi connectivity index (χ0v) is 9.77. The molecule has 88 valence electrons. The molecule has 0 radical (unpaired) electrons. The van der Waals surface area contributed by atoms with E-state index in [1.54, 1.807) is 11.3 Å². The van der Waals surface area contributed by atoms with Gasteiger partial charge in [-0.3, -0.25) is 4.79 Å². The molecule has 0 aliphatic heterocycles. The van der Waals surface area contributed by atoms with Gasteiger partial charge in [0.05, 0.1) is 0 Å². The average Bonchev–Trinajstić information content (AvgIpc) is 2.77. The van der Waals surface area contributed by atoms with Gasteiger partial charge in [0, 0.05) is 18.1 Å². The lowest BCUT2D eigenvalue weighted by Crippen LogP contribution is -2.02. The molecule has 17 heavy (non-hydrogen) atoms. The van der Waals surface area contributed by atoms with Crippen molar-refractivity contribution in [3.05, 3.63) is 57.8 Å². The van der Waals surface area contributed by atoms with Crippen molar-refractivity contribution < 1.29 is 13.6 Å². The minimum atomic E-state index is -0.719. The molecule has 0 amide bonds. The van der Waals surface area contributed by atoms with E-state index in [-0.39, 0.29) is 17.8 Å². The summed E-state index contributed by atoms with van der Waals surface area (Å²) >= 11 is 1.56. The van der Waals surface area contributed by atoms with Gasteiger partial charge in [0.25, 0.3) is 0 Å². The van der Waals surface area contributed by atoms with Crippen LogP contribution in [0.4, 0.5) is 8.78 Å². The van der Waals surface area contributed by atoms with E-state index >= 15 is 0 Å². The molecule has 0 fully saturated rings. The van der Waals surface area contributed by atoms with Gasteiger partial charge in [-0.2, -0.15) is 11.3 Å². The van der Waals surface area contributed by atoms with Gasteiger partial charge in [0.2, 0.25) is 0 Å². The maximum Gasteiger partial charge on any atom is 0.163 e. The highest BCUT2D eigenvalue weighted by atomic mass is 32.1. The monoisotopic (exact) mass is 252 g/mol. The second-order valence-corrected chi connectivity index (χ2v) is 4.49. The van der Waals surface area contributed by atoms with E-state index in [4.69, 9.17) is 0 Å². The normalized spacial score (nSPS) is 10.5. The molecule has 0 N–H and O–H groups in total. The number of hydrogen-bond acceptors (Lipinski definition) is 2. The number of carbonyl (C=O) groups is 1. The van der Waals surface area contributed by atoms with Crippen LogP contribution >= 0.6 is 11.3 Å². The van der Waals surface area contributed by atoms with Crippen LogP contribution in [0.1, 0.15) is 22.3 Å². The van der Waals surface area contributed by atoms with Crippen molar-refractivity contribution in [2.24, 2.45) is 0 Å². The van der Waals surface area contributed by atoms with Gasteiger partial charge in [0.15, 0.2) is 5.78 Å². The lowest BCUT2D eigenvalue weighted by atomic mass is 10.0. The number of hydrogen-bond donors (Lipinski definition) is 0. The molecule has 4 heteroatoms. The van der Waals surface area contributed by atoms with Gasteiger partial charge in [-0.25, -0.2) is 8.78 Å². The Morgan fingerprint density at radius 3 is 2.47 bits per heavy atom. The maximum atomic E-state index is 12.9. The molecule has 0 bridgehead atoms. The van der Waals surface area contributed by atoms with Crippen LogP contribution in [0.2, 0.25) is 0 Å². The first kappa shape index (κ1) is 11.9. The summed E-state index contributed by atoms with van der Waals surface area (Å²) in [6.45, 7) is 0. The van der Waals surface area contributed by atoms with Gasteiger partial charge in [-0.1, -0.05) is 0 Å². The summed E-state index contributed by atoms with van der Waals surface area (Å²) in [5.41, 5.74) is 1.16. The van der Waals surface area contributed by atoms with Gasteiger partial charge in [0.1, 0.15) is 11.6 Å². The quantitative estimate of drug-likeness (QED) is 0.755. The summed E-state index contributed by atoms with van der Waals surface area (Å²) < 4.78 is 25.8. The Balaban J connectivity index is 2.04. The fourth-order valence-electron chi connectivity index (χ4n) is 1.55. The third-order valence-corrected chi connectivity index (χ3v) is 3.14. The molecule has 1 heterocycles. The third kappa shape index (κ3) is 3.20. The molecule has 0 aliphatic carbocycles. The Hall–Kier alpha value is -1.55. The highest BCUT2D eigenvalue weighted by molar-refractivity contribution is 7.07. The lowest BCUT2D eigenvalue weighted by Gasteiger charge is -2.01. The van der Waals surface area contributed by atoms with Crippen LogP contribution in [0.5, 0.6) is 0 Å². The van der Waals surface area contributed by atoms with Crippen LogP contribution < -0.4 is 0 Å². The Labute approximate surface area is 102 Å². The summed E-state index contributed by atoms with van der Waals surface area (Å²) in [4.78, 5) is 11.7. The van der Waals surface area contributed by atoms with E-state index < -0.39 is 11.6 Å². The molecule has 0 aliphatic rings. The maximum absolute atomic E-state index is 12.9. The summed E-state index contributed by atoms with van der Waals surface area (Å²) in [6, 6.07) is 4.83. The van der Waals surface area contributed by atoms with Crippen LogP contribution in [0.25, 0.3) is 0 Å². The first-order valence-corrected chi connectivity index (χ1v) is 6.10. The van der Waals surface area contributed by atoms with Crippen molar-refractivity contribution in [2.75, 3.05) is 0 Å². The predicted molar refractivity (Wildman–Crippen MR) is 63.3 cm³/mol. The fourth-order valence-corrected chi connectivity index (χ4v) is 2.26. The Morgan fingerprint density at radius 1 is 1.18 bits per heavy atom. The average molecular weight is 252 g/mol. The molecule has 0 unspecified atom stereocenters. The van der Waals surface area contributed by atoms with Gasteiger partial charge in [-0.15, -0.1) is 0 Å². The van der Waals surface area contributed by atoms with Crippen molar-refractivity contribution in [1.29, 1.82) is 0 Å². The summed E-state index contributed by atoms with van der Waals surface area (Å²) in [6.07, 6.45) is 0.861. The van der Waals surface area contributed by atoms with E-state index in [1.807, 2.05) is 16.8 Å². The molecule has 1 nitrogen and oxygen atoms in total. The minimum Gasteiger partial charge on any atom is -0.294 e. The second-order valence-electron chi connectivity index (χ2n) is 3.71. The smallest absolute Gasteiger partial charge is 0.163 e. The molecule has 1 aromatic carbocycles. The molecule has 0 saturated heterocycles. The molecule has 0 spiro atoms. The number of halogens is 2. The molecular weight excluding hydrogens is 242 g/mol. The second kappa shape index (κ2) is 5.19. The number of carbonyl (C=O) groups excluding carboxylic acids is 1. The van der Waals surface area contributed by atoms with E-state index in [0.29, 0.717) is 6.42 Å². The minimum absolute atomic E-state index is 0.0951. The molecule has 0 atom stereocenters. The summed E-state index contributed by atoms with van der Waals surface area (Å²) in [5, 5.41) is 3.89. The zero-order chi connectivity index (χ0) is 12.3. The van der Waals surface area contributed by atoms with Crippen LogP contribution in [0.15, 0.2) is 35.0 Å². The van der Waals surface area contributed by atoms with Crippen LogP contribution in [0, 0.1) is 11.6 Å². The van der Waals surface area contributed by atoms with E-state index in [9.17, 15) is 13.6 Å². The molecule has 0 saturated carbocycles. The van der Waals surface area contributed by atoms with Crippen LogP contribution in [-0.2, 0) is 6.42 Å². The van der Waals surface area contributed by atoms with E-state index in [2.05, 4.69) is 0 Å². The van der Waals surface area contributed by atoms with E-state index in [0.717, 1.165) is 23.8 Å². The Kier molecular flexibility index (Phi) is 3.64. The fraction of sp³-hybridized carbons (Fsp3) is 0.154. The topological polar surface area (TPSA) is 17.1 Å². The molecule has 2 aromatic rings. The number of benzene rings is 1. The number of Topliss-reactive ketones (excluding diaryl/α,β-unsaturated/α-hetero) is 1. The summed E-state index contributed by atoms with van der Waals surface area (Å²) in [5.74, 6) is -1.68. The molecule has 1 aromatic heterocycles. The van der Waals surface area contributed by atoms with Crippen molar-refractivity contribution in [3.8, 4) is 0 Å². The SMILES string of the molecule is O=C(CCc1ccsc1)c1cc(F)cc(F)c1. The third-order valence-electron chi connectivity index (χ3n) is 2.41. The van der Waals surface area contributed by atoms with Crippen molar-refractivity contribution in [2.45, 2.75) is 12.8 Å². The molecule has 2 rings (SSSR count). The number of rotatable bonds is 4. The summed E-state index contributed by atoms with van der Waals surface area (Å²) in [7, 11) is 0. The van der Waals surface area contributed by atoms with Gasteiger partial charge in [-0.05, 0) is 40.9 Å². The number of aryl methyl sites for hydroxylation is 1. The first-order valence-electron chi connectivity index (χ1n) is 5.15. The highest BCUT2D eigenvalue weighted by Crippen LogP contribution is 2.13. The van der Waals surface area contributed by atoms with Crippen molar-refractivity contribution in [3.63, 3.8) is 0 Å². The van der Waals surface area contributed by atoms with Crippen molar-refractivity contribution in [1.82, 2.24) is 0 Å². The number of ketones is 1. The molecular formula is C13H10F2OS. The standard InChI is InChI=1S/C13H10F2OS/c14-11-5-10(6-12(15)7-11)13(16)2-1-9-3-4-17-8-9/h3-8H,1-2H2. The Morgan fingerprint density at radius 2 is 1.88 bits per heavy atom. The van der Waals surface area contributed by atoms with Gasteiger partial charge < -0.3 is 0 Å². The highest BCUT2D eigenvalue weighted by Gasteiger charge is 2.09. The zero-order valence-electron chi connectivity index (χ0n) is 8.95.